The molecule has 23 heavy (non-hydrogen) atoms. The monoisotopic (exact) mass is 310 g/mol. The molecular formula is C22H30O. The molecule has 1 aromatic carbocycles. The molecule has 4 rings (SSSR count). The van der Waals surface area contributed by atoms with Gasteiger partial charge in [0, 0.05) is 0 Å². The van der Waals surface area contributed by atoms with Crippen LogP contribution in [0.5, 0.6) is 5.75 Å². The maximum absolute atomic E-state index is 9.79. The first-order valence-electron chi connectivity index (χ1n) is 9.65. The van der Waals surface area contributed by atoms with Crippen molar-refractivity contribution in [1.82, 2.24) is 0 Å². The highest BCUT2D eigenvalue weighted by Gasteiger charge is 2.52. The molecule has 2 fully saturated rings. The molecule has 124 valence electrons. The van der Waals surface area contributed by atoms with E-state index >= 15 is 0 Å². The van der Waals surface area contributed by atoms with Gasteiger partial charge in [-0.15, -0.1) is 0 Å². The Morgan fingerprint density at radius 3 is 2.91 bits per heavy atom. The lowest BCUT2D eigenvalue weighted by atomic mass is 9.55. The van der Waals surface area contributed by atoms with E-state index in [1.807, 2.05) is 12.1 Å². The summed E-state index contributed by atoms with van der Waals surface area (Å²) in [6, 6.07) is 6.13. The van der Waals surface area contributed by atoms with E-state index in [0.29, 0.717) is 11.2 Å². The van der Waals surface area contributed by atoms with E-state index in [-0.39, 0.29) is 0 Å². The Labute approximate surface area is 140 Å². The van der Waals surface area contributed by atoms with Crippen LogP contribution in [0.4, 0.5) is 0 Å². The summed E-state index contributed by atoms with van der Waals surface area (Å²) in [5.41, 5.74) is 5.21. The fourth-order valence-corrected chi connectivity index (χ4v) is 6.07. The molecule has 0 radical (unpaired) electrons. The highest BCUT2D eigenvalue weighted by molar-refractivity contribution is 5.40. The third-order valence-corrected chi connectivity index (χ3v) is 7.24. The first-order chi connectivity index (χ1) is 11.1. The molecule has 0 aromatic heterocycles. The van der Waals surface area contributed by atoms with Crippen molar-refractivity contribution in [3.8, 4) is 5.75 Å². The van der Waals surface area contributed by atoms with Gasteiger partial charge >= 0.3 is 0 Å². The Morgan fingerprint density at radius 2 is 2.09 bits per heavy atom. The maximum atomic E-state index is 9.79. The number of aromatic hydroxyl groups is 1. The van der Waals surface area contributed by atoms with Gasteiger partial charge in [-0.2, -0.15) is 0 Å². The van der Waals surface area contributed by atoms with Crippen molar-refractivity contribution in [3.63, 3.8) is 0 Å². The van der Waals surface area contributed by atoms with Crippen LogP contribution in [0.15, 0.2) is 29.8 Å². The standard InChI is InChI=1S/C22H30O/c1-3-4-5-16-7-11-21-20-9-6-15-14-17(23)8-10-18(15)19(20)12-13-22(16,21)2/h5,8,10,14,19-21,23H,3-4,6-7,9,11-13H2,1-2H3/b16-5-/t19?,20?,21?,22-/m1/s1. The minimum atomic E-state index is 0.438. The van der Waals surface area contributed by atoms with Crippen LogP contribution >= 0.6 is 0 Å². The molecular weight excluding hydrogens is 280 g/mol. The smallest absolute Gasteiger partial charge is 0.115 e. The van der Waals surface area contributed by atoms with Crippen LogP contribution in [0.2, 0.25) is 0 Å². The summed E-state index contributed by atoms with van der Waals surface area (Å²) in [7, 11) is 0. The van der Waals surface area contributed by atoms with E-state index in [1.54, 1.807) is 11.1 Å². The van der Waals surface area contributed by atoms with Crippen molar-refractivity contribution in [3.05, 3.63) is 41.0 Å². The molecule has 3 unspecified atom stereocenters. The van der Waals surface area contributed by atoms with E-state index in [9.17, 15) is 5.11 Å². The van der Waals surface area contributed by atoms with Gasteiger partial charge in [-0.25, -0.2) is 0 Å². The quantitative estimate of drug-likeness (QED) is 0.667. The molecule has 3 aliphatic rings. The van der Waals surface area contributed by atoms with Crippen LogP contribution in [0.1, 0.15) is 75.8 Å². The molecule has 0 amide bonds. The zero-order valence-electron chi connectivity index (χ0n) is 14.6. The third kappa shape index (κ3) is 2.35. The Bertz CT molecular complexity index is 629. The van der Waals surface area contributed by atoms with E-state index < -0.39 is 0 Å². The Balaban J connectivity index is 1.65. The second-order valence-electron chi connectivity index (χ2n) is 8.31. The summed E-state index contributed by atoms with van der Waals surface area (Å²) < 4.78 is 0. The molecule has 4 atom stereocenters. The second kappa shape index (κ2) is 5.69. The lowest BCUT2D eigenvalue weighted by Crippen LogP contribution is -2.40. The van der Waals surface area contributed by atoms with Crippen molar-refractivity contribution in [2.75, 3.05) is 0 Å². The van der Waals surface area contributed by atoms with Crippen molar-refractivity contribution in [2.45, 2.75) is 71.1 Å². The summed E-state index contributed by atoms with van der Waals surface area (Å²) in [4.78, 5) is 0. The predicted molar refractivity (Wildman–Crippen MR) is 95.7 cm³/mol. The molecule has 1 N–H and O–H groups in total. The second-order valence-corrected chi connectivity index (χ2v) is 8.31. The van der Waals surface area contributed by atoms with Crippen LogP contribution in [0.25, 0.3) is 0 Å². The van der Waals surface area contributed by atoms with E-state index in [2.05, 4.69) is 26.0 Å². The van der Waals surface area contributed by atoms with Crippen LogP contribution in [-0.2, 0) is 6.42 Å². The summed E-state index contributed by atoms with van der Waals surface area (Å²) in [6.07, 6.45) is 13.0. The van der Waals surface area contributed by atoms with Crippen LogP contribution < -0.4 is 0 Å². The van der Waals surface area contributed by atoms with Crippen molar-refractivity contribution >= 4 is 0 Å². The number of hydrogen-bond donors (Lipinski definition) is 1. The maximum Gasteiger partial charge on any atom is 0.115 e. The number of benzene rings is 1. The molecule has 2 saturated carbocycles. The summed E-state index contributed by atoms with van der Waals surface area (Å²) >= 11 is 0. The van der Waals surface area contributed by atoms with Gasteiger partial charge in [0.15, 0.2) is 0 Å². The molecule has 0 saturated heterocycles. The molecule has 0 spiro atoms. The van der Waals surface area contributed by atoms with Gasteiger partial charge in [-0.3, -0.25) is 0 Å². The Kier molecular flexibility index (Phi) is 3.78. The summed E-state index contributed by atoms with van der Waals surface area (Å²) in [6.45, 7) is 4.85. The fraction of sp³-hybridized carbons (Fsp3) is 0.636. The largest absolute Gasteiger partial charge is 0.508 e. The van der Waals surface area contributed by atoms with Crippen LogP contribution in [0.3, 0.4) is 0 Å². The third-order valence-electron chi connectivity index (χ3n) is 7.24. The van der Waals surface area contributed by atoms with E-state index in [0.717, 1.165) is 24.2 Å². The van der Waals surface area contributed by atoms with Gasteiger partial charge in [-0.1, -0.05) is 38.0 Å². The molecule has 0 heterocycles. The number of hydrogen-bond acceptors (Lipinski definition) is 1. The first kappa shape index (κ1) is 15.3. The van der Waals surface area contributed by atoms with Gasteiger partial charge < -0.3 is 5.11 Å². The average Bonchev–Trinajstić information content (AvgIpc) is 2.89. The lowest BCUT2D eigenvalue weighted by Gasteiger charge is -2.49. The molecule has 1 heteroatoms. The minimum absolute atomic E-state index is 0.438. The van der Waals surface area contributed by atoms with Crippen molar-refractivity contribution in [2.24, 2.45) is 17.3 Å². The van der Waals surface area contributed by atoms with Crippen molar-refractivity contribution in [1.29, 1.82) is 0 Å². The molecule has 1 nitrogen and oxygen atoms in total. The molecule has 1 aromatic rings. The number of aryl methyl sites for hydroxylation is 1. The topological polar surface area (TPSA) is 20.2 Å². The normalized spacial score (nSPS) is 37.3. The number of phenols is 1. The zero-order valence-corrected chi connectivity index (χ0v) is 14.6. The molecule has 0 bridgehead atoms. The fourth-order valence-electron chi connectivity index (χ4n) is 6.07. The number of allylic oxidation sites excluding steroid dienone is 2. The number of rotatable bonds is 2. The number of phenolic OH excluding ortho intramolecular Hbond substituents is 1. The van der Waals surface area contributed by atoms with Gasteiger partial charge in [0.1, 0.15) is 5.75 Å². The number of fused-ring (bicyclic) bond motifs is 5. The van der Waals surface area contributed by atoms with Crippen LogP contribution in [0, 0.1) is 17.3 Å². The summed E-state index contributed by atoms with van der Waals surface area (Å²) in [5, 5.41) is 9.79. The first-order valence-corrected chi connectivity index (χ1v) is 9.65. The van der Waals surface area contributed by atoms with Crippen molar-refractivity contribution < 1.29 is 5.11 Å². The van der Waals surface area contributed by atoms with E-state index in [4.69, 9.17) is 0 Å². The molecule has 3 aliphatic carbocycles. The Morgan fingerprint density at radius 1 is 1.22 bits per heavy atom. The average molecular weight is 310 g/mol. The van der Waals surface area contributed by atoms with Gasteiger partial charge in [0.25, 0.3) is 0 Å². The lowest BCUT2D eigenvalue weighted by molar-refractivity contribution is 0.0812. The van der Waals surface area contributed by atoms with Gasteiger partial charge in [-0.05, 0) is 91.4 Å². The highest BCUT2D eigenvalue weighted by Crippen LogP contribution is 2.62. The molecule has 0 aliphatic heterocycles. The minimum Gasteiger partial charge on any atom is -0.508 e. The van der Waals surface area contributed by atoms with E-state index in [1.165, 1.54) is 50.5 Å². The van der Waals surface area contributed by atoms with Gasteiger partial charge in [0.2, 0.25) is 0 Å². The SMILES string of the molecule is CCC/C=C1/CCC2C3CCc4cc(O)ccc4C3CC[C@]12C. The summed E-state index contributed by atoms with van der Waals surface area (Å²) in [5.74, 6) is 2.92. The Hall–Kier alpha value is -1.24. The number of unbranched alkanes of at least 4 members (excludes halogenated alkanes) is 1. The van der Waals surface area contributed by atoms with Gasteiger partial charge in [0.05, 0.1) is 0 Å². The zero-order chi connectivity index (χ0) is 16.0. The van der Waals surface area contributed by atoms with Crippen LogP contribution in [-0.4, -0.2) is 5.11 Å². The highest BCUT2D eigenvalue weighted by atomic mass is 16.3. The predicted octanol–water partition coefficient (Wildman–Crippen LogP) is 5.97.